The summed E-state index contributed by atoms with van der Waals surface area (Å²) in [6.45, 7) is 4.53. The van der Waals surface area contributed by atoms with Crippen LogP contribution < -0.4 is 0 Å². The molecule has 2 rings (SSSR count). The summed E-state index contributed by atoms with van der Waals surface area (Å²) in [6, 6.07) is 7.65. The van der Waals surface area contributed by atoms with E-state index < -0.39 is 5.79 Å². The highest BCUT2D eigenvalue weighted by Crippen LogP contribution is 2.19. The molecule has 0 unspecified atom stereocenters. The molecular formula is C15H19NO3. The number of aldehydes is 1. The number of hydrogen-bond donors (Lipinski definition) is 1. The summed E-state index contributed by atoms with van der Waals surface area (Å²) < 4.78 is 7.36. The van der Waals surface area contributed by atoms with Gasteiger partial charge in [-0.3, -0.25) is 4.79 Å². The van der Waals surface area contributed by atoms with Crippen molar-refractivity contribution >= 4 is 17.2 Å². The highest BCUT2D eigenvalue weighted by atomic mass is 16.6. The van der Waals surface area contributed by atoms with E-state index in [-0.39, 0.29) is 0 Å². The summed E-state index contributed by atoms with van der Waals surface area (Å²) in [5.74, 6) is -1.08. The molecule has 1 heterocycles. The first-order chi connectivity index (χ1) is 9.01. The van der Waals surface area contributed by atoms with Gasteiger partial charge in [0, 0.05) is 29.2 Å². The van der Waals surface area contributed by atoms with Crippen molar-refractivity contribution in [3.8, 4) is 0 Å². The monoisotopic (exact) mass is 261 g/mol. The Balaban J connectivity index is 2.04. The van der Waals surface area contributed by atoms with Gasteiger partial charge in [-0.2, -0.15) is 0 Å². The number of carbonyl (C=O) groups is 1. The number of fused-ring (bicyclic) bond motifs is 1. The molecule has 4 heteroatoms. The standard InChI is InChI=1S/C15H19NO3/c1-15(2,18)19-10-4-8-16-9-7-13-12(11-17)5-3-6-14(13)16/h3,5-7,9,11,18H,4,8,10H2,1-2H3. The van der Waals surface area contributed by atoms with Crippen molar-refractivity contribution < 1.29 is 14.6 Å². The lowest BCUT2D eigenvalue weighted by molar-refractivity contribution is -0.176. The number of aromatic nitrogens is 1. The van der Waals surface area contributed by atoms with Gasteiger partial charge in [0.05, 0.1) is 6.61 Å². The van der Waals surface area contributed by atoms with Gasteiger partial charge in [-0.05, 0) is 32.4 Å². The van der Waals surface area contributed by atoms with Gasteiger partial charge in [0.1, 0.15) is 0 Å². The lowest BCUT2D eigenvalue weighted by atomic mass is 10.1. The predicted molar refractivity (Wildman–Crippen MR) is 74.2 cm³/mol. The number of rotatable bonds is 6. The minimum Gasteiger partial charge on any atom is -0.366 e. The average molecular weight is 261 g/mol. The second-order valence-corrected chi connectivity index (χ2v) is 5.06. The molecule has 0 saturated heterocycles. The van der Waals surface area contributed by atoms with E-state index in [0.29, 0.717) is 12.2 Å². The van der Waals surface area contributed by atoms with Crippen molar-refractivity contribution in [2.45, 2.75) is 32.6 Å². The third kappa shape index (κ3) is 3.43. The Morgan fingerprint density at radius 2 is 2.16 bits per heavy atom. The van der Waals surface area contributed by atoms with Crippen LogP contribution in [0, 0.1) is 0 Å². The van der Waals surface area contributed by atoms with Crippen molar-refractivity contribution in [1.82, 2.24) is 4.57 Å². The molecule has 19 heavy (non-hydrogen) atoms. The van der Waals surface area contributed by atoms with Gasteiger partial charge in [0.25, 0.3) is 0 Å². The van der Waals surface area contributed by atoms with Crippen molar-refractivity contribution in [2.24, 2.45) is 0 Å². The van der Waals surface area contributed by atoms with Crippen molar-refractivity contribution in [3.05, 3.63) is 36.0 Å². The maximum atomic E-state index is 10.9. The van der Waals surface area contributed by atoms with Crippen LogP contribution in [-0.4, -0.2) is 28.4 Å². The average Bonchev–Trinajstić information content (AvgIpc) is 2.76. The first kappa shape index (κ1) is 13.8. The molecule has 1 aromatic heterocycles. The number of ether oxygens (including phenoxy) is 1. The molecule has 0 atom stereocenters. The molecule has 102 valence electrons. The van der Waals surface area contributed by atoms with Crippen LogP contribution in [0.1, 0.15) is 30.6 Å². The number of hydrogen-bond acceptors (Lipinski definition) is 3. The molecule has 0 aliphatic heterocycles. The van der Waals surface area contributed by atoms with Crippen LogP contribution >= 0.6 is 0 Å². The summed E-state index contributed by atoms with van der Waals surface area (Å²) in [4.78, 5) is 10.9. The van der Waals surface area contributed by atoms with Gasteiger partial charge < -0.3 is 14.4 Å². The SMILES string of the molecule is CC(C)(O)OCCCn1ccc2c(C=O)cccc21. The maximum Gasteiger partial charge on any atom is 0.159 e. The predicted octanol–water partition coefficient (Wildman–Crippen LogP) is 2.59. The zero-order valence-electron chi connectivity index (χ0n) is 11.3. The Hall–Kier alpha value is -1.65. The summed E-state index contributed by atoms with van der Waals surface area (Å²) in [7, 11) is 0. The number of aryl methyl sites for hydroxylation is 1. The number of carbonyl (C=O) groups excluding carboxylic acids is 1. The first-order valence-corrected chi connectivity index (χ1v) is 6.40. The quantitative estimate of drug-likeness (QED) is 0.494. The molecular weight excluding hydrogens is 242 g/mol. The Labute approximate surface area is 112 Å². The molecule has 0 aliphatic carbocycles. The highest BCUT2D eigenvalue weighted by molar-refractivity contribution is 5.97. The Bertz CT molecular complexity index is 566. The highest BCUT2D eigenvalue weighted by Gasteiger charge is 2.11. The maximum absolute atomic E-state index is 10.9. The Kier molecular flexibility index (Phi) is 4.02. The van der Waals surface area contributed by atoms with E-state index in [2.05, 4.69) is 4.57 Å². The molecule has 4 nitrogen and oxygen atoms in total. The molecule has 0 bridgehead atoms. The summed E-state index contributed by atoms with van der Waals surface area (Å²) >= 11 is 0. The van der Waals surface area contributed by atoms with Crippen molar-refractivity contribution in [1.29, 1.82) is 0 Å². The van der Waals surface area contributed by atoms with E-state index in [4.69, 9.17) is 4.74 Å². The number of benzene rings is 1. The number of aliphatic hydroxyl groups is 1. The molecule has 1 N–H and O–H groups in total. The molecule has 0 saturated carbocycles. The van der Waals surface area contributed by atoms with E-state index in [1.807, 2.05) is 30.5 Å². The van der Waals surface area contributed by atoms with Gasteiger partial charge in [-0.1, -0.05) is 12.1 Å². The van der Waals surface area contributed by atoms with Crippen LogP contribution in [-0.2, 0) is 11.3 Å². The van der Waals surface area contributed by atoms with Crippen molar-refractivity contribution in [3.63, 3.8) is 0 Å². The fraction of sp³-hybridized carbons (Fsp3) is 0.400. The molecule has 1 aromatic carbocycles. The van der Waals surface area contributed by atoms with E-state index in [9.17, 15) is 9.90 Å². The summed E-state index contributed by atoms with van der Waals surface area (Å²) in [5.41, 5.74) is 1.76. The summed E-state index contributed by atoms with van der Waals surface area (Å²) in [5, 5.41) is 10.4. The third-order valence-electron chi connectivity index (χ3n) is 2.97. The minimum absolute atomic E-state index is 0.497. The van der Waals surface area contributed by atoms with E-state index >= 15 is 0 Å². The van der Waals surface area contributed by atoms with Gasteiger partial charge >= 0.3 is 0 Å². The van der Waals surface area contributed by atoms with Gasteiger partial charge in [-0.15, -0.1) is 0 Å². The lowest BCUT2D eigenvalue weighted by Gasteiger charge is -2.18. The molecule has 0 fully saturated rings. The molecule has 0 radical (unpaired) electrons. The Morgan fingerprint density at radius 3 is 2.84 bits per heavy atom. The summed E-state index contributed by atoms with van der Waals surface area (Å²) in [6.07, 6.45) is 3.66. The first-order valence-electron chi connectivity index (χ1n) is 6.40. The van der Waals surface area contributed by atoms with Gasteiger partial charge in [0.15, 0.2) is 12.1 Å². The third-order valence-corrected chi connectivity index (χ3v) is 2.97. The van der Waals surface area contributed by atoms with Crippen LogP contribution in [0.25, 0.3) is 10.9 Å². The fourth-order valence-corrected chi connectivity index (χ4v) is 2.10. The van der Waals surface area contributed by atoms with E-state index in [0.717, 1.165) is 30.2 Å². The minimum atomic E-state index is -1.08. The van der Waals surface area contributed by atoms with Crippen LogP contribution in [0.4, 0.5) is 0 Å². The smallest absolute Gasteiger partial charge is 0.159 e. The molecule has 0 amide bonds. The van der Waals surface area contributed by atoms with Crippen LogP contribution in [0.3, 0.4) is 0 Å². The van der Waals surface area contributed by atoms with Crippen LogP contribution in [0.15, 0.2) is 30.5 Å². The zero-order chi connectivity index (χ0) is 13.9. The number of nitrogens with zero attached hydrogens (tertiary/aromatic N) is 1. The van der Waals surface area contributed by atoms with Crippen LogP contribution in [0.2, 0.25) is 0 Å². The molecule has 2 aromatic rings. The Morgan fingerprint density at radius 1 is 1.37 bits per heavy atom. The molecule has 0 aliphatic rings. The van der Waals surface area contributed by atoms with E-state index in [1.165, 1.54) is 0 Å². The van der Waals surface area contributed by atoms with Crippen molar-refractivity contribution in [2.75, 3.05) is 6.61 Å². The second-order valence-electron chi connectivity index (χ2n) is 5.06. The second kappa shape index (κ2) is 5.55. The topological polar surface area (TPSA) is 51.5 Å². The molecule has 0 spiro atoms. The van der Waals surface area contributed by atoms with E-state index in [1.54, 1.807) is 13.8 Å². The van der Waals surface area contributed by atoms with Gasteiger partial charge in [0.2, 0.25) is 0 Å². The fourth-order valence-electron chi connectivity index (χ4n) is 2.10. The van der Waals surface area contributed by atoms with Gasteiger partial charge in [-0.25, -0.2) is 0 Å². The normalized spacial score (nSPS) is 11.9. The largest absolute Gasteiger partial charge is 0.366 e. The van der Waals surface area contributed by atoms with Crippen LogP contribution in [0.5, 0.6) is 0 Å². The lowest BCUT2D eigenvalue weighted by Crippen LogP contribution is -2.24. The zero-order valence-corrected chi connectivity index (χ0v) is 11.3.